The first-order chi connectivity index (χ1) is 6.38. The van der Waals surface area contributed by atoms with E-state index in [-0.39, 0.29) is 6.61 Å². The lowest BCUT2D eigenvalue weighted by atomic mass is 10.4. The predicted molar refractivity (Wildman–Crippen MR) is 56.1 cm³/mol. The standard InChI is InChI=1S/C8H8Cl3NO2/c1-5-2-3-6(12-5)7(13)14-4-8(9,10)11/h2-3,12H,4H2,1H3. The minimum atomic E-state index is -1.57. The average molecular weight is 257 g/mol. The molecule has 0 aliphatic heterocycles. The highest BCUT2D eigenvalue weighted by atomic mass is 35.6. The molecule has 0 aliphatic carbocycles. The van der Waals surface area contributed by atoms with Gasteiger partial charge >= 0.3 is 5.97 Å². The SMILES string of the molecule is Cc1ccc(C(=O)OCC(Cl)(Cl)Cl)[nH]1. The monoisotopic (exact) mass is 255 g/mol. The summed E-state index contributed by atoms with van der Waals surface area (Å²) in [6.45, 7) is 1.56. The second-order valence-electron chi connectivity index (χ2n) is 2.75. The molecule has 1 N–H and O–H groups in total. The van der Waals surface area contributed by atoms with Gasteiger partial charge < -0.3 is 9.72 Å². The van der Waals surface area contributed by atoms with Crippen molar-refractivity contribution < 1.29 is 9.53 Å². The fourth-order valence-corrected chi connectivity index (χ4v) is 1.01. The summed E-state index contributed by atoms with van der Waals surface area (Å²) < 4.78 is 3.17. The van der Waals surface area contributed by atoms with Crippen LogP contribution in [0, 0.1) is 6.92 Å². The van der Waals surface area contributed by atoms with Gasteiger partial charge in [-0.05, 0) is 19.1 Å². The van der Waals surface area contributed by atoms with Crippen molar-refractivity contribution in [3.63, 3.8) is 0 Å². The number of aryl methyl sites for hydroxylation is 1. The number of hydrogen-bond acceptors (Lipinski definition) is 2. The van der Waals surface area contributed by atoms with Crippen LogP contribution in [-0.2, 0) is 4.74 Å². The van der Waals surface area contributed by atoms with E-state index in [1.54, 1.807) is 12.1 Å². The molecule has 6 heteroatoms. The highest BCUT2D eigenvalue weighted by Gasteiger charge is 2.22. The van der Waals surface area contributed by atoms with Crippen molar-refractivity contribution in [3.8, 4) is 0 Å². The van der Waals surface area contributed by atoms with Gasteiger partial charge in [0, 0.05) is 5.69 Å². The van der Waals surface area contributed by atoms with Crippen LogP contribution < -0.4 is 0 Å². The molecule has 1 aromatic heterocycles. The molecule has 0 saturated heterocycles. The fourth-order valence-electron chi connectivity index (χ4n) is 0.848. The first kappa shape index (κ1) is 11.7. The summed E-state index contributed by atoms with van der Waals surface area (Å²) in [7, 11) is 0. The number of ether oxygens (including phenoxy) is 1. The van der Waals surface area contributed by atoms with Crippen molar-refractivity contribution in [2.24, 2.45) is 0 Å². The molecule has 0 atom stereocenters. The Balaban J connectivity index is 2.52. The highest BCUT2D eigenvalue weighted by Crippen LogP contribution is 2.26. The van der Waals surface area contributed by atoms with Crippen LogP contribution in [0.5, 0.6) is 0 Å². The number of alkyl halides is 3. The van der Waals surface area contributed by atoms with Crippen LogP contribution in [0.3, 0.4) is 0 Å². The van der Waals surface area contributed by atoms with Crippen LogP contribution in [0.15, 0.2) is 12.1 Å². The number of carbonyl (C=O) groups excluding carboxylic acids is 1. The van der Waals surface area contributed by atoms with Crippen molar-refractivity contribution in [3.05, 3.63) is 23.5 Å². The molecule has 14 heavy (non-hydrogen) atoms. The van der Waals surface area contributed by atoms with E-state index in [9.17, 15) is 4.79 Å². The number of aromatic nitrogens is 1. The molecule has 78 valence electrons. The molecule has 1 heterocycles. The number of rotatable bonds is 2. The molecule has 0 saturated carbocycles. The summed E-state index contributed by atoms with van der Waals surface area (Å²) in [5.41, 5.74) is 1.21. The van der Waals surface area contributed by atoms with E-state index >= 15 is 0 Å². The largest absolute Gasteiger partial charge is 0.456 e. The first-order valence-corrected chi connectivity index (χ1v) is 4.91. The Labute approximate surface area is 96.3 Å². The summed E-state index contributed by atoms with van der Waals surface area (Å²) in [5.74, 6) is -0.538. The van der Waals surface area contributed by atoms with Crippen LogP contribution in [0.2, 0.25) is 0 Å². The van der Waals surface area contributed by atoms with Crippen LogP contribution in [0.25, 0.3) is 0 Å². The van der Waals surface area contributed by atoms with Crippen molar-refractivity contribution >= 4 is 40.8 Å². The highest BCUT2D eigenvalue weighted by molar-refractivity contribution is 6.67. The summed E-state index contributed by atoms with van der Waals surface area (Å²) >= 11 is 16.2. The smallest absolute Gasteiger partial charge is 0.354 e. The summed E-state index contributed by atoms with van der Waals surface area (Å²) in [6, 6.07) is 3.36. The third-order valence-electron chi connectivity index (χ3n) is 1.42. The zero-order valence-electron chi connectivity index (χ0n) is 7.31. The van der Waals surface area contributed by atoms with E-state index in [0.29, 0.717) is 5.69 Å². The molecule has 0 aromatic carbocycles. The summed E-state index contributed by atoms with van der Waals surface area (Å²) in [5, 5.41) is 0. The third-order valence-corrected chi connectivity index (χ3v) is 1.75. The molecule has 0 fully saturated rings. The van der Waals surface area contributed by atoms with Crippen molar-refractivity contribution in [1.82, 2.24) is 4.98 Å². The van der Waals surface area contributed by atoms with Gasteiger partial charge in [-0.15, -0.1) is 0 Å². The number of aromatic amines is 1. The minimum absolute atomic E-state index is 0.269. The van der Waals surface area contributed by atoms with Gasteiger partial charge in [0.05, 0.1) is 0 Å². The Morgan fingerprint density at radius 1 is 1.50 bits per heavy atom. The second-order valence-corrected chi connectivity index (χ2v) is 5.26. The third kappa shape index (κ3) is 3.78. The van der Waals surface area contributed by atoms with E-state index in [1.165, 1.54) is 0 Å². The van der Waals surface area contributed by atoms with Gasteiger partial charge in [0.15, 0.2) is 0 Å². The molecule has 0 bridgehead atoms. The molecule has 0 spiro atoms. The van der Waals surface area contributed by atoms with E-state index in [4.69, 9.17) is 39.5 Å². The Morgan fingerprint density at radius 3 is 2.57 bits per heavy atom. The summed E-state index contributed by atoms with van der Waals surface area (Å²) in [6.07, 6.45) is 0. The van der Waals surface area contributed by atoms with Gasteiger partial charge in [-0.1, -0.05) is 34.8 Å². The van der Waals surface area contributed by atoms with E-state index in [1.807, 2.05) is 6.92 Å². The quantitative estimate of drug-likeness (QED) is 0.653. The maximum atomic E-state index is 11.3. The van der Waals surface area contributed by atoms with Gasteiger partial charge in [0.2, 0.25) is 3.79 Å². The number of H-pyrrole nitrogens is 1. The zero-order valence-corrected chi connectivity index (χ0v) is 9.58. The van der Waals surface area contributed by atoms with Gasteiger partial charge in [0.25, 0.3) is 0 Å². The van der Waals surface area contributed by atoms with Crippen molar-refractivity contribution in [1.29, 1.82) is 0 Å². The zero-order chi connectivity index (χ0) is 10.8. The molecule has 1 aromatic rings. The first-order valence-electron chi connectivity index (χ1n) is 3.78. The summed E-state index contributed by atoms with van der Waals surface area (Å²) in [4.78, 5) is 14.1. The maximum absolute atomic E-state index is 11.3. The lowest BCUT2D eigenvalue weighted by molar-refractivity contribution is 0.0506. The fraction of sp³-hybridized carbons (Fsp3) is 0.375. The van der Waals surface area contributed by atoms with Gasteiger partial charge in [-0.25, -0.2) is 4.79 Å². The van der Waals surface area contributed by atoms with E-state index < -0.39 is 9.76 Å². The molecule has 0 radical (unpaired) electrons. The Bertz CT molecular complexity index is 330. The van der Waals surface area contributed by atoms with Crippen LogP contribution >= 0.6 is 34.8 Å². The van der Waals surface area contributed by atoms with Gasteiger partial charge in [0.1, 0.15) is 12.3 Å². The second kappa shape index (κ2) is 4.43. The topological polar surface area (TPSA) is 42.1 Å². The van der Waals surface area contributed by atoms with E-state index in [2.05, 4.69) is 4.98 Å². The maximum Gasteiger partial charge on any atom is 0.354 e. The predicted octanol–water partition coefficient (Wildman–Crippen LogP) is 2.85. The molecule has 0 aliphatic rings. The number of nitrogens with one attached hydrogen (secondary N) is 1. The van der Waals surface area contributed by atoms with Gasteiger partial charge in [-0.3, -0.25) is 0 Å². The number of halogens is 3. The molecule has 3 nitrogen and oxygen atoms in total. The van der Waals surface area contributed by atoms with Gasteiger partial charge in [-0.2, -0.15) is 0 Å². The van der Waals surface area contributed by atoms with Crippen molar-refractivity contribution in [2.45, 2.75) is 10.7 Å². The Hall–Kier alpha value is -0.380. The number of esters is 1. The Morgan fingerprint density at radius 2 is 2.14 bits per heavy atom. The Kier molecular flexibility index (Phi) is 3.70. The number of carbonyl (C=O) groups is 1. The molecular formula is C8H8Cl3NO2. The molecule has 1 rings (SSSR count). The average Bonchev–Trinajstić information content (AvgIpc) is 2.46. The van der Waals surface area contributed by atoms with E-state index in [0.717, 1.165) is 5.69 Å². The normalized spacial score (nSPS) is 11.4. The molecule has 0 amide bonds. The minimum Gasteiger partial charge on any atom is -0.456 e. The molecular weight excluding hydrogens is 248 g/mol. The van der Waals surface area contributed by atoms with Crippen LogP contribution in [-0.4, -0.2) is 21.4 Å². The lowest BCUT2D eigenvalue weighted by Gasteiger charge is -2.10. The lowest BCUT2D eigenvalue weighted by Crippen LogP contribution is -2.17. The van der Waals surface area contributed by atoms with Crippen LogP contribution in [0.1, 0.15) is 16.2 Å². The molecule has 0 unspecified atom stereocenters. The number of hydrogen-bond donors (Lipinski definition) is 1. The van der Waals surface area contributed by atoms with Crippen molar-refractivity contribution in [2.75, 3.05) is 6.61 Å². The van der Waals surface area contributed by atoms with Crippen LogP contribution in [0.4, 0.5) is 0 Å².